The van der Waals surface area contributed by atoms with Gasteiger partial charge in [0, 0.05) is 5.75 Å². The summed E-state index contributed by atoms with van der Waals surface area (Å²) in [5.74, 6) is 0.674. The van der Waals surface area contributed by atoms with Crippen LogP contribution in [0.1, 0.15) is 35.7 Å². The fourth-order valence-corrected chi connectivity index (χ4v) is 4.02. The van der Waals surface area contributed by atoms with Gasteiger partial charge in [0.1, 0.15) is 11.6 Å². The van der Waals surface area contributed by atoms with Crippen LogP contribution in [0.5, 0.6) is 5.75 Å². The third-order valence-electron chi connectivity index (χ3n) is 3.79. The molecule has 0 unspecified atom stereocenters. The van der Waals surface area contributed by atoms with Gasteiger partial charge in [-0.1, -0.05) is 60.7 Å². The number of benzene rings is 2. The van der Waals surface area contributed by atoms with Crippen molar-refractivity contribution >= 4 is 34.1 Å². The Hall–Kier alpha value is -2.45. The van der Waals surface area contributed by atoms with Crippen LogP contribution in [-0.4, -0.2) is 22.7 Å². The highest BCUT2D eigenvalue weighted by atomic mass is 32.2. The number of para-hydroxylation sites is 1. The number of unbranched alkanes of at least 4 members (excludes halogenated alkanes) is 1. The Morgan fingerprint density at radius 2 is 1.96 bits per heavy atom. The fraction of sp³-hybridized carbons (Fsp3) is 0.250. The van der Waals surface area contributed by atoms with E-state index in [0.717, 1.165) is 22.7 Å². The molecule has 28 heavy (non-hydrogen) atoms. The van der Waals surface area contributed by atoms with Crippen LogP contribution in [0.3, 0.4) is 0 Å². The number of halogens is 1. The summed E-state index contributed by atoms with van der Waals surface area (Å²) >= 11 is 2.79. The predicted octanol–water partition coefficient (Wildman–Crippen LogP) is 5.40. The number of carbonyl (C=O) groups excluding carboxylic acids is 1. The molecule has 1 N–H and O–H groups in total. The van der Waals surface area contributed by atoms with Gasteiger partial charge in [-0.15, -0.1) is 10.2 Å². The molecule has 0 saturated carbocycles. The summed E-state index contributed by atoms with van der Waals surface area (Å²) in [4.78, 5) is 12.6. The number of carbonyl (C=O) groups is 1. The van der Waals surface area contributed by atoms with Crippen molar-refractivity contribution in [1.82, 2.24) is 10.2 Å². The predicted molar refractivity (Wildman–Crippen MR) is 111 cm³/mol. The Bertz CT molecular complexity index is 916. The fourth-order valence-electron chi connectivity index (χ4n) is 2.32. The minimum Gasteiger partial charge on any atom is -0.493 e. The van der Waals surface area contributed by atoms with Gasteiger partial charge in [0.2, 0.25) is 5.13 Å². The first-order valence-corrected chi connectivity index (χ1v) is 10.7. The maximum Gasteiger partial charge on any atom is 0.261 e. The van der Waals surface area contributed by atoms with E-state index in [1.54, 1.807) is 30.3 Å². The van der Waals surface area contributed by atoms with E-state index in [9.17, 15) is 9.18 Å². The Kier molecular flexibility index (Phi) is 7.39. The number of anilines is 1. The zero-order valence-corrected chi connectivity index (χ0v) is 17.0. The molecule has 2 aromatic carbocycles. The first-order chi connectivity index (χ1) is 13.7. The topological polar surface area (TPSA) is 64.1 Å². The molecule has 1 heterocycles. The zero-order valence-electron chi connectivity index (χ0n) is 15.4. The van der Waals surface area contributed by atoms with Crippen molar-refractivity contribution < 1.29 is 13.9 Å². The smallest absolute Gasteiger partial charge is 0.261 e. The molecule has 0 aliphatic heterocycles. The average Bonchev–Trinajstić information content (AvgIpc) is 3.15. The van der Waals surface area contributed by atoms with E-state index >= 15 is 0 Å². The SMILES string of the molecule is CCCCOc1ccccc1C(=O)Nc1nnc(SCc2ccc(F)cc2)s1. The maximum absolute atomic E-state index is 13.0. The minimum atomic E-state index is -0.279. The molecule has 146 valence electrons. The lowest BCUT2D eigenvalue weighted by Gasteiger charge is -2.10. The average molecular weight is 418 g/mol. The molecule has 0 fully saturated rings. The number of hydrogen-bond donors (Lipinski definition) is 1. The first kappa shape index (κ1) is 20.3. The van der Waals surface area contributed by atoms with Gasteiger partial charge in [-0.05, 0) is 36.2 Å². The Morgan fingerprint density at radius 3 is 2.75 bits per heavy atom. The van der Waals surface area contributed by atoms with E-state index in [2.05, 4.69) is 22.4 Å². The molecule has 0 spiro atoms. The minimum absolute atomic E-state index is 0.256. The number of ether oxygens (including phenoxy) is 1. The van der Waals surface area contributed by atoms with Crippen LogP contribution >= 0.6 is 23.1 Å². The highest BCUT2D eigenvalue weighted by Crippen LogP contribution is 2.29. The van der Waals surface area contributed by atoms with Crippen LogP contribution in [0.4, 0.5) is 9.52 Å². The molecule has 0 aliphatic rings. The Morgan fingerprint density at radius 1 is 1.18 bits per heavy atom. The van der Waals surface area contributed by atoms with E-state index in [1.807, 2.05) is 6.07 Å². The molecule has 0 bridgehead atoms. The molecule has 0 radical (unpaired) electrons. The molecule has 3 aromatic rings. The lowest BCUT2D eigenvalue weighted by atomic mass is 10.2. The lowest BCUT2D eigenvalue weighted by molar-refractivity contribution is 0.102. The summed E-state index contributed by atoms with van der Waals surface area (Å²) in [6.45, 7) is 2.66. The van der Waals surface area contributed by atoms with E-state index in [1.165, 1.54) is 35.2 Å². The Labute approximate surface area is 171 Å². The first-order valence-electron chi connectivity index (χ1n) is 8.89. The monoisotopic (exact) mass is 417 g/mol. The lowest BCUT2D eigenvalue weighted by Crippen LogP contribution is -2.13. The second kappa shape index (κ2) is 10.2. The third-order valence-corrected chi connectivity index (χ3v) is 5.83. The molecular weight excluding hydrogens is 397 g/mol. The summed E-state index contributed by atoms with van der Waals surface area (Å²) in [5.41, 5.74) is 1.46. The van der Waals surface area contributed by atoms with E-state index in [4.69, 9.17) is 4.74 Å². The van der Waals surface area contributed by atoms with Gasteiger partial charge in [-0.3, -0.25) is 10.1 Å². The van der Waals surface area contributed by atoms with Gasteiger partial charge < -0.3 is 4.74 Å². The highest BCUT2D eigenvalue weighted by molar-refractivity contribution is 8.00. The molecular formula is C20H20FN3O2S2. The van der Waals surface area contributed by atoms with Crippen LogP contribution in [0.25, 0.3) is 0 Å². The van der Waals surface area contributed by atoms with Crippen LogP contribution in [0.15, 0.2) is 52.9 Å². The van der Waals surface area contributed by atoms with Crippen molar-refractivity contribution in [3.63, 3.8) is 0 Å². The van der Waals surface area contributed by atoms with Crippen LogP contribution < -0.4 is 10.1 Å². The summed E-state index contributed by atoms with van der Waals surface area (Å²) in [7, 11) is 0. The maximum atomic E-state index is 13.0. The number of nitrogens with one attached hydrogen (secondary N) is 1. The number of hydrogen-bond acceptors (Lipinski definition) is 6. The summed E-state index contributed by atoms with van der Waals surface area (Å²) in [6.07, 6.45) is 1.96. The van der Waals surface area contributed by atoms with Crippen molar-refractivity contribution in [3.05, 3.63) is 65.5 Å². The van der Waals surface area contributed by atoms with Crippen LogP contribution in [0, 0.1) is 5.82 Å². The van der Waals surface area contributed by atoms with Crippen molar-refractivity contribution in [2.24, 2.45) is 0 Å². The number of amides is 1. The van der Waals surface area contributed by atoms with Gasteiger partial charge in [0.05, 0.1) is 12.2 Å². The summed E-state index contributed by atoms with van der Waals surface area (Å²) < 4.78 is 19.4. The molecule has 1 amide bonds. The number of aromatic nitrogens is 2. The second-order valence-electron chi connectivity index (χ2n) is 5.94. The highest BCUT2D eigenvalue weighted by Gasteiger charge is 2.15. The van der Waals surface area contributed by atoms with Crippen LogP contribution in [0.2, 0.25) is 0 Å². The normalized spacial score (nSPS) is 10.6. The van der Waals surface area contributed by atoms with Crippen molar-refractivity contribution in [3.8, 4) is 5.75 Å². The van der Waals surface area contributed by atoms with Gasteiger partial charge in [-0.25, -0.2) is 4.39 Å². The van der Waals surface area contributed by atoms with E-state index in [0.29, 0.717) is 28.8 Å². The summed E-state index contributed by atoms with van der Waals surface area (Å²) in [5, 5.41) is 11.3. The van der Waals surface area contributed by atoms with E-state index < -0.39 is 0 Å². The van der Waals surface area contributed by atoms with Crippen LogP contribution in [-0.2, 0) is 5.75 Å². The molecule has 8 heteroatoms. The largest absolute Gasteiger partial charge is 0.493 e. The van der Waals surface area contributed by atoms with Gasteiger partial charge in [0.15, 0.2) is 4.34 Å². The van der Waals surface area contributed by atoms with E-state index in [-0.39, 0.29) is 11.7 Å². The molecule has 5 nitrogen and oxygen atoms in total. The zero-order chi connectivity index (χ0) is 19.8. The Balaban J connectivity index is 1.58. The standard InChI is InChI=1S/C20H20FN3O2S2/c1-2-3-12-26-17-7-5-4-6-16(17)18(25)22-19-23-24-20(28-19)27-13-14-8-10-15(21)11-9-14/h4-11H,2-3,12-13H2,1H3,(H,22,23,25). The molecule has 0 aliphatic carbocycles. The summed E-state index contributed by atoms with van der Waals surface area (Å²) in [6, 6.07) is 13.5. The number of thioether (sulfide) groups is 1. The quantitative estimate of drug-likeness (QED) is 0.287. The van der Waals surface area contributed by atoms with Gasteiger partial charge in [0.25, 0.3) is 5.91 Å². The molecule has 1 aromatic heterocycles. The van der Waals surface area contributed by atoms with Gasteiger partial charge >= 0.3 is 0 Å². The molecule has 3 rings (SSSR count). The third kappa shape index (κ3) is 5.77. The van der Waals surface area contributed by atoms with Crippen molar-refractivity contribution in [2.45, 2.75) is 29.9 Å². The second-order valence-corrected chi connectivity index (χ2v) is 8.14. The van der Waals surface area contributed by atoms with Crippen molar-refractivity contribution in [1.29, 1.82) is 0 Å². The van der Waals surface area contributed by atoms with Crippen molar-refractivity contribution in [2.75, 3.05) is 11.9 Å². The number of rotatable bonds is 9. The molecule has 0 atom stereocenters. The number of nitrogens with zero attached hydrogens (tertiary/aromatic N) is 2. The van der Waals surface area contributed by atoms with Gasteiger partial charge in [-0.2, -0.15) is 0 Å². The molecule has 0 saturated heterocycles.